The minimum Gasteiger partial charge on any atom is -0.481 e. The van der Waals surface area contributed by atoms with E-state index in [9.17, 15) is 18.3 Å². The van der Waals surface area contributed by atoms with Gasteiger partial charge in [0.2, 0.25) is 10.0 Å². The van der Waals surface area contributed by atoms with Crippen LogP contribution in [0.4, 0.5) is 5.82 Å². The van der Waals surface area contributed by atoms with Crippen molar-refractivity contribution in [2.24, 2.45) is 11.8 Å². The molecule has 1 aromatic heterocycles. The summed E-state index contributed by atoms with van der Waals surface area (Å²) in [6.45, 7) is 2.79. The maximum absolute atomic E-state index is 13.0. The molecule has 0 spiro atoms. The lowest BCUT2D eigenvalue weighted by molar-refractivity contribution is -0.146. The fraction of sp³-hybridized carbons (Fsp3) is 0.455. The van der Waals surface area contributed by atoms with Crippen molar-refractivity contribution in [2.45, 2.75) is 50.0 Å². The maximum atomic E-state index is 13.0. The van der Waals surface area contributed by atoms with E-state index in [1.54, 1.807) is 24.3 Å². The fourth-order valence-electron chi connectivity index (χ4n) is 4.19. The minimum atomic E-state index is -3.71. The summed E-state index contributed by atoms with van der Waals surface area (Å²) in [4.78, 5) is 16.2. The SMILES string of the molecule is Cc1ccc(S(=O)(=O)NC(Cc2ccc3c(n2)NCCC3)C2CC(C(=O)O)C2)cc1. The molecular weight excluding hydrogens is 402 g/mol. The van der Waals surface area contributed by atoms with Gasteiger partial charge in [0.05, 0.1) is 10.8 Å². The molecule has 2 heterocycles. The first-order chi connectivity index (χ1) is 14.3. The molecule has 4 rings (SSSR count). The van der Waals surface area contributed by atoms with Gasteiger partial charge in [0.1, 0.15) is 5.82 Å². The predicted octanol–water partition coefficient (Wildman–Crippen LogP) is 2.75. The molecular formula is C22H27N3O4S. The summed E-state index contributed by atoms with van der Waals surface area (Å²) in [6.07, 6.45) is 3.43. The predicted molar refractivity (Wildman–Crippen MR) is 114 cm³/mol. The number of aromatic nitrogens is 1. The van der Waals surface area contributed by atoms with Gasteiger partial charge in [0.25, 0.3) is 0 Å². The Kier molecular flexibility index (Phi) is 5.79. The number of aryl methyl sites for hydroxylation is 2. The third-order valence-corrected chi connectivity index (χ3v) is 7.62. The summed E-state index contributed by atoms with van der Waals surface area (Å²) in [5, 5.41) is 12.5. The van der Waals surface area contributed by atoms with Crippen molar-refractivity contribution >= 4 is 21.8 Å². The van der Waals surface area contributed by atoms with Gasteiger partial charge in [0.15, 0.2) is 0 Å². The van der Waals surface area contributed by atoms with Crippen molar-refractivity contribution in [1.29, 1.82) is 0 Å². The molecule has 1 fully saturated rings. The third-order valence-electron chi connectivity index (χ3n) is 6.11. The summed E-state index contributed by atoms with van der Waals surface area (Å²) in [6, 6.07) is 10.3. The van der Waals surface area contributed by atoms with Crippen LogP contribution >= 0.6 is 0 Å². The third kappa shape index (κ3) is 4.49. The highest BCUT2D eigenvalue weighted by Crippen LogP contribution is 2.38. The smallest absolute Gasteiger partial charge is 0.306 e. The zero-order valence-electron chi connectivity index (χ0n) is 17.0. The van der Waals surface area contributed by atoms with Crippen LogP contribution in [0.2, 0.25) is 0 Å². The van der Waals surface area contributed by atoms with Crippen LogP contribution < -0.4 is 10.0 Å². The Morgan fingerprint density at radius 2 is 1.97 bits per heavy atom. The van der Waals surface area contributed by atoms with E-state index in [2.05, 4.69) is 16.1 Å². The molecule has 160 valence electrons. The van der Waals surface area contributed by atoms with E-state index in [0.717, 1.165) is 36.5 Å². The van der Waals surface area contributed by atoms with E-state index in [0.29, 0.717) is 19.3 Å². The first-order valence-corrected chi connectivity index (χ1v) is 11.8. The van der Waals surface area contributed by atoms with Crippen molar-refractivity contribution in [1.82, 2.24) is 9.71 Å². The average Bonchev–Trinajstić information content (AvgIpc) is 2.66. The number of pyridine rings is 1. The lowest BCUT2D eigenvalue weighted by Crippen LogP contribution is -2.48. The molecule has 1 aliphatic carbocycles. The Morgan fingerprint density at radius 1 is 1.23 bits per heavy atom. The van der Waals surface area contributed by atoms with Crippen LogP contribution in [0.3, 0.4) is 0 Å². The number of fused-ring (bicyclic) bond motifs is 1. The summed E-state index contributed by atoms with van der Waals surface area (Å²) in [5.74, 6) is -0.380. The number of rotatable bonds is 7. The Balaban J connectivity index is 1.55. The van der Waals surface area contributed by atoms with E-state index < -0.39 is 28.0 Å². The first kappa shape index (κ1) is 20.8. The van der Waals surface area contributed by atoms with E-state index in [-0.39, 0.29) is 10.8 Å². The average molecular weight is 430 g/mol. The van der Waals surface area contributed by atoms with Crippen LogP contribution in [0.1, 0.15) is 36.1 Å². The number of carboxylic acid groups (broad SMARTS) is 1. The van der Waals surface area contributed by atoms with Gasteiger partial charge in [-0.3, -0.25) is 4.79 Å². The Morgan fingerprint density at radius 3 is 2.67 bits per heavy atom. The van der Waals surface area contributed by atoms with Gasteiger partial charge in [0, 0.05) is 24.7 Å². The van der Waals surface area contributed by atoms with Gasteiger partial charge in [-0.2, -0.15) is 0 Å². The Labute approximate surface area is 177 Å². The molecule has 0 bridgehead atoms. The number of carbonyl (C=O) groups is 1. The highest BCUT2D eigenvalue weighted by Gasteiger charge is 2.40. The molecule has 30 heavy (non-hydrogen) atoms. The van der Waals surface area contributed by atoms with Crippen molar-refractivity contribution in [3.8, 4) is 0 Å². The van der Waals surface area contributed by atoms with Crippen LogP contribution in [0.15, 0.2) is 41.3 Å². The lowest BCUT2D eigenvalue weighted by Gasteiger charge is -2.38. The van der Waals surface area contributed by atoms with Crippen LogP contribution in [-0.4, -0.2) is 37.1 Å². The molecule has 0 saturated heterocycles. The van der Waals surface area contributed by atoms with Crippen molar-refractivity contribution in [3.05, 3.63) is 53.2 Å². The molecule has 1 atom stereocenters. The number of carboxylic acids is 1. The second-order valence-electron chi connectivity index (χ2n) is 8.35. The first-order valence-electron chi connectivity index (χ1n) is 10.4. The van der Waals surface area contributed by atoms with Crippen LogP contribution in [0, 0.1) is 18.8 Å². The molecule has 1 saturated carbocycles. The van der Waals surface area contributed by atoms with Gasteiger partial charge < -0.3 is 10.4 Å². The monoisotopic (exact) mass is 429 g/mol. The number of anilines is 1. The van der Waals surface area contributed by atoms with E-state index in [1.165, 1.54) is 5.56 Å². The second kappa shape index (κ2) is 8.35. The molecule has 1 unspecified atom stereocenters. The maximum Gasteiger partial charge on any atom is 0.306 e. The molecule has 7 nitrogen and oxygen atoms in total. The van der Waals surface area contributed by atoms with Crippen molar-refractivity contribution < 1.29 is 18.3 Å². The number of hydrogen-bond acceptors (Lipinski definition) is 5. The molecule has 3 N–H and O–H groups in total. The Hall–Kier alpha value is -2.45. The van der Waals surface area contributed by atoms with Gasteiger partial charge in [-0.1, -0.05) is 23.8 Å². The number of nitrogens with zero attached hydrogens (tertiary/aromatic N) is 1. The minimum absolute atomic E-state index is 0.0304. The largest absolute Gasteiger partial charge is 0.481 e. The summed E-state index contributed by atoms with van der Waals surface area (Å²) in [5.41, 5.74) is 2.97. The number of aliphatic carboxylic acids is 1. The fourth-order valence-corrected chi connectivity index (χ4v) is 5.49. The van der Waals surface area contributed by atoms with E-state index in [1.807, 2.05) is 13.0 Å². The zero-order chi connectivity index (χ0) is 21.3. The van der Waals surface area contributed by atoms with Gasteiger partial charge in [-0.05, 0) is 62.3 Å². The number of sulfonamides is 1. The number of nitrogens with one attached hydrogen (secondary N) is 2. The molecule has 1 aliphatic heterocycles. The summed E-state index contributed by atoms with van der Waals surface area (Å²) >= 11 is 0. The van der Waals surface area contributed by atoms with E-state index in [4.69, 9.17) is 4.98 Å². The topological polar surface area (TPSA) is 108 Å². The van der Waals surface area contributed by atoms with Gasteiger partial charge in [-0.25, -0.2) is 18.1 Å². The van der Waals surface area contributed by atoms with Crippen molar-refractivity contribution in [2.75, 3.05) is 11.9 Å². The second-order valence-corrected chi connectivity index (χ2v) is 10.1. The normalized spacial score (nSPS) is 21.8. The zero-order valence-corrected chi connectivity index (χ0v) is 17.8. The van der Waals surface area contributed by atoms with Gasteiger partial charge >= 0.3 is 5.97 Å². The highest BCUT2D eigenvalue weighted by atomic mass is 32.2. The highest BCUT2D eigenvalue weighted by molar-refractivity contribution is 7.89. The van der Waals surface area contributed by atoms with Crippen LogP contribution in [0.25, 0.3) is 0 Å². The summed E-state index contributed by atoms with van der Waals surface area (Å²) in [7, 11) is -3.71. The quantitative estimate of drug-likeness (QED) is 0.625. The Bertz CT molecular complexity index is 1030. The molecule has 8 heteroatoms. The van der Waals surface area contributed by atoms with Crippen LogP contribution in [0.5, 0.6) is 0 Å². The molecule has 2 aromatic rings. The van der Waals surface area contributed by atoms with Crippen molar-refractivity contribution in [3.63, 3.8) is 0 Å². The van der Waals surface area contributed by atoms with Gasteiger partial charge in [-0.15, -0.1) is 0 Å². The number of hydrogen-bond donors (Lipinski definition) is 3. The number of benzene rings is 1. The van der Waals surface area contributed by atoms with Crippen LogP contribution in [-0.2, 0) is 27.7 Å². The lowest BCUT2D eigenvalue weighted by atomic mass is 9.70. The molecule has 0 radical (unpaired) electrons. The molecule has 2 aliphatic rings. The molecule has 1 aromatic carbocycles. The molecule has 0 amide bonds. The standard InChI is InChI=1S/C22H27N3O4S/c1-14-4-8-19(9-5-14)30(28,29)25-20(16-11-17(12-16)22(26)27)13-18-7-6-15-3-2-10-23-21(15)24-18/h4-9,16-17,20,25H,2-3,10-13H2,1H3,(H,23,24)(H,26,27). The van der Waals surface area contributed by atoms with E-state index >= 15 is 0 Å². The summed E-state index contributed by atoms with van der Waals surface area (Å²) < 4.78 is 28.8.